The first-order valence-electron chi connectivity index (χ1n) is 10.3. The van der Waals surface area contributed by atoms with Crippen molar-refractivity contribution < 1.29 is 23.8 Å². The zero-order valence-corrected chi connectivity index (χ0v) is 18.0. The van der Waals surface area contributed by atoms with Crippen LogP contribution in [0.1, 0.15) is 29.8 Å². The van der Waals surface area contributed by atoms with E-state index in [-0.39, 0.29) is 5.91 Å². The molecule has 164 valence electrons. The molecule has 0 aliphatic rings. The van der Waals surface area contributed by atoms with Gasteiger partial charge in [-0.1, -0.05) is 24.3 Å². The van der Waals surface area contributed by atoms with Crippen LogP contribution < -0.4 is 19.5 Å². The normalized spacial score (nSPS) is 10.6. The summed E-state index contributed by atoms with van der Waals surface area (Å²) in [5, 5.41) is 2.81. The van der Waals surface area contributed by atoms with Gasteiger partial charge in [0.2, 0.25) is 0 Å². The highest BCUT2D eigenvalue weighted by Crippen LogP contribution is 2.29. The number of esters is 1. The van der Waals surface area contributed by atoms with Crippen LogP contribution in [0, 0.1) is 0 Å². The molecule has 0 unspecified atom stereocenters. The maximum atomic E-state index is 12.3. The first kappa shape index (κ1) is 22.6. The van der Waals surface area contributed by atoms with Crippen LogP contribution in [-0.4, -0.2) is 25.1 Å². The van der Waals surface area contributed by atoms with Crippen LogP contribution in [0.5, 0.6) is 17.2 Å². The molecule has 0 aliphatic carbocycles. The number of carbonyl (C=O) groups is 2. The summed E-state index contributed by atoms with van der Waals surface area (Å²) < 4.78 is 16.4. The topological polar surface area (TPSA) is 73.9 Å². The second-order valence-corrected chi connectivity index (χ2v) is 6.67. The lowest BCUT2D eigenvalue weighted by Gasteiger charge is -2.11. The predicted octanol–water partition coefficient (Wildman–Crippen LogP) is 5.36. The fraction of sp³-hybridized carbons (Fsp3) is 0.154. The average molecular weight is 431 g/mol. The Morgan fingerprint density at radius 3 is 2.22 bits per heavy atom. The SMILES string of the molecule is CCOc1ccc(/C=C/C(=O)Oc2ccc(C(=O)Nc3ccccc3)cc2)cc1OCC. The van der Waals surface area contributed by atoms with E-state index in [0.29, 0.717) is 41.7 Å². The summed E-state index contributed by atoms with van der Waals surface area (Å²) in [5.74, 6) is 0.852. The second kappa shape index (κ2) is 11.4. The number of hydrogen-bond donors (Lipinski definition) is 1. The molecular weight excluding hydrogens is 406 g/mol. The molecule has 32 heavy (non-hydrogen) atoms. The third-order valence-corrected chi connectivity index (χ3v) is 4.35. The van der Waals surface area contributed by atoms with Crippen molar-refractivity contribution in [2.75, 3.05) is 18.5 Å². The summed E-state index contributed by atoms with van der Waals surface area (Å²) in [6.07, 6.45) is 2.98. The first-order chi connectivity index (χ1) is 15.6. The van der Waals surface area contributed by atoms with Crippen LogP contribution in [0.2, 0.25) is 0 Å². The summed E-state index contributed by atoms with van der Waals surface area (Å²) in [5.41, 5.74) is 1.95. The minimum Gasteiger partial charge on any atom is -0.490 e. The minimum absolute atomic E-state index is 0.241. The molecule has 0 saturated heterocycles. The van der Waals surface area contributed by atoms with Gasteiger partial charge < -0.3 is 19.5 Å². The third kappa shape index (κ3) is 6.47. The Morgan fingerprint density at radius 1 is 0.844 bits per heavy atom. The van der Waals surface area contributed by atoms with Crippen molar-refractivity contribution in [1.82, 2.24) is 0 Å². The van der Waals surface area contributed by atoms with E-state index in [4.69, 9.17) is 14.2 Å². The molecule has 1 N–H and O–H groups in total. The van der Waals surface area contributed by atoms with Crippen molar-refractivity contribution >= 4 is 23.6 Å². The van der Waals surface area contributed by atoms with Crippen LogP contribution >= 0.6 is 0 Å². The number of hydrogen-bond acceptors (Lipinski definition) is 5. The van der Waals surface area contributed by atoms with E-state index in [1.54, 1.807) is 42.5 Å². The maximum absolute atomic E-state index is 12.3. The molecule has 0 aliphatic heterocycles. The zero-order chi connectivity index (χ0) is 22.8. The van der Waals surface area contributed by atoms with Crippen molar-refractivity contribution in [1.29, 1.82) is 0 Å². The Morgan fingerprint density at radius 2 is 1.53 bits per heavy atom. The number of rotatable bonds is 9. The van der Waals surface area contributed by atoms with E-state index in [0.717, 1.165) is 5.56 Å². The largest absolute Gasteiger partial charge is 0.490 e. The number of para-hydroxylation sites is 1. The van der Waals surface area contributed by atoms with E-state index in [2.05, 4.69) is 5.32 Å². The van der Waals surface area contributed by atoms with E-state index in [1.807, 2.05) is 50.2 Å². The van der Waals surface area contributed by atoms with Gasteiger partial charge >= 0.3 is 5.97 Å². The van der Waals surface area contributed by atoms with Gasteiger partial charge in [0.25, 0.3) is 5.91 Å². The smallest absolute Gasteiger partial charge is 0.336 e. The highest BCUT2D eigenvalue weighted by molar-refractivity contribution is 6.04. The van der Waals surface area contributed by atoms with Gasteiger partial charge in [0.15, 0.2) is 11.5 Å². The number of benzene rings is 3. The zero-order valence-electron chi connectivity index (χ0n) is 18.0. The van der Waals surface area contributed by atoms with Gasteiger partial charge in [-0.15, -0.1) is 0 Å². The molecule has 1 amide bonds. The number of carbonyl (C=O) groups excluding carboxylic acids is 2. The highest BCUT2D eigenvalue weighted by Gasteiger charge is 2.08. The molecular formula is C26H25NO5. The molecule has 3 aromatic rings. The summed E-state index contributed by atoms with van der Waals surface area (Å²) in [6.45, 7) is 4.84. The fourth-order valence-corrected chi connectivity index (χ4v) is 2.88. The van der Waals surface area contributed by atoms with Gasteiger partial charge in [-0.05, 0) is 74.0 Å². The van der Waals surface area contributed by atoms with Crippen LogP contribution in [0.3, 0.4) is 0 Å². The molecule has 6 heteroatoms. The molecule has 0 radical (unpaired) electrons. The molecule has 0 fully saturated rings. The van der Waals surface area contributed by atoms with Gasteiger partial charge in [0.05, 0.1) is 13.2 Å². The summed E-state index contributed by atoms with van der Waals surface area (Å²) in [7, 11) is 0. The van der Waals surface area contributed by atoms with Crippen molar-refractivity contribution in [2.45, 2.75) is 13.8 Å². The summed E-state index contributed by atoms with van der Waals surface area (Å²) >= 11 is 0. The van der Waals surface area contributed by atoms with E-state index in [9.17, 15) is 9.59 Å². The van der Waals surface area contributed by atoms with Gasteiger partial charge in [-0.3, -0.25) is 4.79 Å². The molecule has 0 heterocycles. The first-order valence-corrected chi connectivity index (χ1v) is 10.3. The van der Waals surface area contributed by atoms with Crippen molar-refractivity contribution in [3.63, 3.8) is 0 Å². The van der Waals surface area contributed by atoms with E-state index < -0.39 is 5.97 Å². The molecule has 0 atom stereocenters. The predicted molar refractivity (Wildman–Crippen MR) is 124 cm³/mol. The Balaban J connectivity index is 1.59. The molecule has 0 saturated carbocycles. The molecule has 0 aromatic heterocycles. The van der Waals surface area contributed by atoms with Crippen LogP contribution in [-0.2, 0) is 4.79 Å². The van der Waals surface area contributed by atoms with Gasteiger partial charge in [0, 0.05) is 17.3 Å². The van der Waals surface area contributed by atoms with Crippen LogP contribution in [0.25, 0.3) is 6.08 Å². The van der Waals surface area contributed by atoms with Crippen molar-refractivity contribution in [3.8, 4) is 17.2 Å². The molecule has 3 rings (SSSR count). The lowest BCUT2D eigenvalue weighted by atomic mass is 10.2. The minimum atomic E-state index is -0.529. The monoisotopic (exact) mass is 431 g/mol. The van der Waals surface area contributed by atoms with Crippen LogP contribution in [0.4, 0.5) is 5.69 Å². The fourth-order valence-electron chi connectivity index (χ4n) is 2.88. The Bertz CT molecular complexity index is 1080. The molecule has 3 aromatic carbocycles. The molecule has 6 nitrogen and oxygen atoms in total. The average Bonchev–Trinajstić information content (AvgIpc) is 2.80. The Kier molecular flexibility index (Phi) is 8.03. The van der Waals surface area contributed by atoms with E-state index >= 15 is 0 Å². The van der Waals surface area contributed by atoms with Gasteiger partial charge in [-0.2, -0.15) is 0 Å². The second-order valence-electron chi connectivity index (χ2n) is 6.67. The van der Waals surface area contributed by atoms with Gasteiger partial charge in [0.1, 0.15) is 5.75 Å². The lowest BCUT2D eigenvalue weighted by Crippen LogP contribution is -2.11. The Hall–Kier alpha value is -4.06. The standard InChI is InChI=1S/C26H25NO5/c1-3-30-23-16-10-19(18-24(23)31-4-2)11-17-25(28)32-22-14-12-20(13-15-22)26(29)27-21-8-6-5-7-9-21/h5-18H,3-4H2,1-2H3,(H,27,29)/b17-11+. The number of ether oxygens (including phenoxy) is 3. The quantitative estimate of drug-likeness (QED) is 0.281. The van der Waals surface area contributed by atoms with Crippen molar-refractivity contribution in [2.24, 2.45) is 0 Å². The number of amides is 1. The molecule has 0 bridgehead atoms. The molecule has 0 spiro atoms. The lowest BCUT2D eigenvalue weighted by molar-refractivity contribution is -0.128. The number of nitrogens with one attached hydrogen (secondary N) is 1. The summed E-state index contributed by atoms with van der Waals surface area (Å²) in [6, 6.07) is 21.0. The highest BCUT2D eigenvalue weighted by atomic mass is 16.5. The van der Waals surface area contributed by atoms with Gasteiger partial charge in [-0.25, -0.2) is 4.79 Å². The third-order valence-electron chi connectivity index (χ3n) is 4.35. The van der Waals surface area contributed by atoms with Crippen molar-refractivity contribution in [3.05, 3.63) is 90.0 Å². The Labute approximate surface area is 187 Å². The maximum Gasteiger partial charge on any atom is 0.336 e. The van der Waals surface area contributed by atoms with Crippen LogP contribution in [0.15, 0.2) is 78.9 Å². The number of anilines is 1. The summed E-state index contributed by atoms with van der Waals surface area (Å²) in [4.78, 5) is 24.5. The van der Waals surface area contributed by atoms with E-state index in [1.165, 1.54) is 6.08 Å².